The summed E-state index contributed by atoms with van der Waals surface area (Å²) in [5, 5.41) is 13.2. The summed E-state index contributed by atoms with van der Waals surface area (Å²) in [5.74, 6) is 1.73. The first-order chi connectivity index (χ1) is 14.3. The van der Waals surface area contributed by atoms with Gasteiger partial charge in [-0.05, 0) is 52.2 Å². The van der Waals surface area contributed by atoms with Gasteiger partial charge in [0.05, 0.1) is 11.4 Å². The molecule has 1 unspecified atom stereocenters. The third-order valence-electron chi connectivity index (χ3n) is 6.34. The standard InChI is InChI=1S/C20H31N7O2S/c1-15-7-5-6-10-27(15)19-9-8-18(21-22-19)25-11-13-26(14-12-25)30(28,29)20-16(2)23-24(4)17(20)3/h8-9,15H,5-7,10-14H2,1-4H3. The molecule has 2 aromatic rings. The van der Waals surface area contributed by atoms with Crippen LogP contribution in [-0.2, 0) is 17.1 Å². The van der Waals surface area contributed by atoms with Gasteiger partial charge in [-0.1, -0.05) is 0 Å². The first-order valence-electron chi connectivity index (χ1n) is 10.6. The van der Waals surface area contributed by atoms with Crippen molar-refractivity contribution < 1.29 is 8.42 Å². The molecule has 2 fully saturated rings. The van der Waals surface area contributed by atoms with E-state index in [1.165, 1.54) is 19.3 Å². The molecule has 164 valence electrons. The first kappa shape index (κ1) is 21.0. The quantitative estimate of drug-likeness (QED) is 0.725. The molecule has 30 heavy (non-hydrogen) atoms. The fraction of sp³-hybridized carbons (Fsp3) is 0.650. The normalized spacial score (nSPS) is 21.3. The Morgan fingerprint density at radius 2 is 1.63 bits per heavy atom. The van der Waals surface area contributed by atoms with Gasteiger partial charge < -0.3 is 9.80 Å². The molecule has 0 radical (unpaired) electrons. The monoisotopic (exact) mass is 433 g/mol. The minimum atomic E-state index is -3.55. The molecule has 0 saturated carbocycles. The van der Waals surface area contributed by atoms with Crippen molar-refractivity contribution >= 4 is 21.7 Å². The van der Waals surface area contributed by atoms with E-state index in [-0.39, 0.29) is 0 Å². The van der Waals surface area contributed by atoms with Gasteiger partial charge in [0.15, 0.2) is 11.6 Å². The Balaban J connectivity index is 1.43. The Hall–Kier alpha value is -2.20. The number of hydrogen-bond acceptors (Lipinski definition) is 7. The molecule has 0 aliphatic carbocycles. The summed E-state index contributed by atoms with van der Waals surface area (Å²) < 4.78 is 29.5. The molecule has 9 nitrogen and oxygen atoms in total. The summed E-state index contributed by atoms with van der Waals surface area (Å²) in [6, 6.07) is 4.53. The number of aromatic nitrogens is 4. The second-order valence-corrected chi connectivity index (χ2v) is 10.2. The van der Waals surface area contributed by atoms with Crippen LogP contribution in [0.25, 0.3) is 0 Å². The molecular formula is C20H31N7O2S. The van der Waals surface area contributed by atoms with Crippen molar-refractivity contribution in [2.45, 2.75) is 51.0 Å². The maximum atomic E-state index is 13.2. The van der Waals surface area contributed by atoms with Crippen molar-refractivity contribution in [3.8, 4) is 0 Å². The number of piperazine rings is 1. The van der Waals surface area contributed by atoms with Crippen LogP contribution in [0.4, 0.5) is 11.6 Å². The summed E-state index contributed by atoms with van der Waals surface area (Å²) in [6.45, 7) is 8.82. The molecule has 4 heterocycles. The van der Waals surface area contributed by atoms with E-state index in [2.05, 4.69) is 32.0 Å². The van der Waals surface area contributed by atoms with Crippen LogP contribution in [0.1, 0.15) is 37.6 Å². The number of sulfonamides is 1. The highest BCUT2D eigenvalue weighted by atomic mass is 32.2. The summed E-state index contributed by atoms with van der Waals surface area (Å²) >= 11 is 0. The number of piperidine rings is 1. The van der Waals surface area contributed by atoms with Crippen LogP contribution in [0.15, 0.2) is 17.0 Å². The zero-order valence-electron chi connectivity index (χ0n) is 18.2. The van der Waals surface area contributed by atoms with Crippen molar-refractivity contribution in [2.75, 3.05) is 42.5 Å². The van der Waals surface area contributed by atoms with E-state index in [1.54, 1.807) is 29.9 Å². The van der Waals surface area contributed by atoms with E-state index in [4.69, 9.17) is 0 Å². The number of nitrogens with zero attached hydrogens (tertiary/aromatic N) is 7. The Bertz CT molecular complexity index is 995. The highest BCUT2D eigenvalue weighted by molar-refractivity contribution is 7.89. The predicted octanol–water partition coefficient (Wildman–Crippen LogP) is 1.72. The van der Waals surface area contributed by atoms with Crippen molar-refractivity contribution in [2.24, 2.45) is 7.05 Å². The SMILES string of the molecule is Cc1nn(C)c(C)c1S(=O)(=O)N1CCN(c2ccc(N3CCCCC3C)nn2)CC1. The summed E-state index contributed by atoms with van der Waals surface area (Å²) in [6.07, 6.45) is 3.66. The maximum absolute atomic E-state index is 13.2. The van der Waals surface area contributed by atoms with Crippen LogP contribution >= 0.6 is 0 Å². The van der Waals surface area contributed by atoms with Gasteiger partial charge in [0.1, 0.15) is 4.90 Å². The molecule has 0 N–H and O–H groups in total. The van der Waals surface area contributed by atoms with E-state index in [0.29, 0.717) is 48.5 Å². The Labute approximate surface area is 178 Å². The molecule has 1 atom stereocenters. The van der Waals surface area contributed by atoms with Crippen molar-refractivity contribution in [1.29, 1.82) is 0 Å². The Kier molecular flexibility index (Phi) is 5.71. The predicted molar refractivity (Wildman–Crippen MR) is 116 cm³/mol. The highest BCUT2D eigenvalue weighted by Crippen LogP contribution is 2.26. The van der Waals surface area contributed by atoms with Crippen LogP contribution in [-0.4, -0.2) is 71.5 Å². The van der Waals surface area contributed by atoms with Crippen LogP contribution in [0.2, 0.25) is 0 Å². The zero-order valence-corrected chi connectivity index (χ0v) is 19.1. The number of rotatable bonds is 4. The molecular weight excluding hydrogens is 402 g/mol. The molecule has 0 amide bonds. The van der Waals surface area contributed by atoms with Crippen molar-refractivity contribution in [3.63, 3.8) is 0 Å². The minimum absolute atomic E-state index is 0.332. The Morgan fingerprint density at radius 3 is 2.20 bits per heavy atom. The second-order valence-electron chi connectivity index (χ2n) is 8.30. The van der Waals surface area contributed by atoms with Crippen LogP contribution < -0.4 is 9.80 Å². The zero-order chi connectivity index (χ0) is 21.5. The first-order valence-corrected chi connectivity index (χ1v) is 12.1. The molecule has 10 heteroatoms. The van der Waals surface area contributed by atoms with Gasteiger partial charge in [-0.25, -0.2) is 8.42 Å². The third kappa shape index (κ3) is 3.78. The lowest BCUT2D eigenvalue weighted by atomic mass is 10.0. The average Bonchev–Trinajstić information content (AvgIpc) is 3.00. The molecule has 0 spiro atoms. The minimum Gasteiger partial charge on any atom is -0.352 e. The van der Waals surface area contributed by atoms with Gasteiger partial charge in [-0.15, -0.1) is 10.2 Å². The van der Waals surface area contributed by atoms with Gasteiger partial charge >= 0.3 is 0 Å². The lowest BCUT2D eigenvalue weighted by molar-refractivity contribution is 0.383. The molecule has 2 aliphatic heterocycles. The topological polar surface area (TPSA) is 87.5 Å². The van der Waals surface area contributed by atoms with E-state index < -0.39 is 10.0 Å². The van der Waals surface area contributed by atoms with Crippen molar-refractivity contribution in [3.05, 3.63) is 23.5 Å². The van der Waals surface area contributed by atoms with Gasteiger partial charge in [0, 0.05) is 45.8 Å². The Morgan fingerprint density at radius 1 is 0.967 bits per heavy atom. The van der Waals surface area contributed by atoms with E-state index in [9.17, 15) is 8.42 Å². The molecule has 0 aromatic carbocycles. The van der Waals surface area contributed by atoms with Crippen molar-refractivity contribution in [1.82, 2.24) is 24.3 Å². The highest BCUT2D eigenvalue weighted by Gasteiger charge is 2.33. The molecule has 4 rings (SSSR count). The van der Waals surface area contributed by atoms with Crippen LogP contribution in [0, 0.1) is 13.8 Å². The van der Waals surface area contributed by atoms with Gasteiger partial charge in [-0.3, -0.25) is 4.68 Å². The lowest BCUT2D eigenvalue weighted by Gasteiger charge is -2.35. The fourth-order valence-corrected chi connectivity index (χ4v) is 6.31. The van der Waals surface area contributed by atoms with E-state index in [0.717, 1.165) is 18.2 Å². The molecule has 2 saturated heterocycles. The van der Waals surface area contributed by atoms with Gasteiger partial charge in [0.2, 0.25) is 10.0 Å². The van der Waals surface area contributed by atoms with E-state index in [1.807, 2.05) is 12.1 Å². The lowest BCUT2D eigenvalue weighted by Crippen LogP contribution is -2.49. The second kappa shape index (κ2) is 8.14. The summed E-state index contributed by atoms with van der Waals surface area (Å²) in [5.41, 5.74) is 1.22. The molecule has 0 bridgehead atoms. The number of anilines is 2. The number of aryl methyl sites for hydroxylation is 2. The summed E-state index contributed by atoms with van der Waals surface area (Å²) in [7, 11) is -1.78. The maximum Gasteiger partial charge on any atom is 0.246 e. The smallest absolute Gasteiger partial charge is 0.246 e. The average molecular weight is 434 g/mol. The fourth-order valence-electron chi connectivity index (χ4n) is 4.49. The van der Waals surface area contributed by atoms with Gasteiger partial charge in [-0.2, -0.15) is 9.40 Å². The third-order valence-corrected chi connectivity index (χ3v) is 8.49. The molecule has 2 aliphatic rings. The van der Waals surface area contributed by atoms with E-state index >= 15 is 0 Å². The van der Waals surface area contributed by atoms with Crippen LogP contribution in [0.3, 0.4) is 0 Å². The molecule has 2 aromatic heterocycles. The summed E-state index contributed by atoms with van der Waals surface area (Å²) in [4.78, 5) is 4.76. The van der Waals surface area contributed by atoms with Crippen LogP contribution in [0.5, 0.6) is 0 Å². The largest absolute Gasteiger partial charge is 0.352 e. The van der Waals surface area contributed by atoms with Gasteiger partial charge in [0.25, 0.3) is 0 Å². The number of hydrogen-bond donors (Lipinski definition) is 0.